The van der Waals surface area contributed by atoms with E-state index in [4.69, 9.17) is 4.74 Å². The van der Waals surface area contributed by atoms with Gasteiger partial charge in [0.1, 0.15) is 6.04 Å². The Hall–Kier alpha value is -2.21. The third-order valence-electron chi connectivity index (χ3n) is 5.64. The quantitative estimate of drug-likeness (QED) is 0.386. The van der Waals surface area contributed by atoms with E-state index in [9.17, 15) is 19.2 Å². The number of nitrogens with one attached hydrogen (secondary N) is 3. The first kappa shape index (κ1) is 21.0. The molecular formula is C20H23IN4O5. The molecule has 30 heavy (non-hydrogen) atoms. The summed E-state index contributed by atoms with van der Waals surface area (Å²) in [6, 6.07) is 3.12. The van der Waals surface area contributed by atoms with Crippen molar-refractivity contribution in [1.29, 1.82) is 0 Å². The molecule has 0 aliphatic carbocycles. The summed E-state index contributed by atoms with van der Waals surface area (Å²) >= 11 is 2.16. The van der Waals surface area contributed by atoms with Gasteiger partial charge in [-0.15, -0.1) is 0 Å². The van der Waals surface area contributed by atoms with E-state index in [0.717, 1.165) is 22.0 Å². The zero-order chi connectivity index (χ0) is 21.3. The molecule has 1 aromatic rings. The van der Waals surface area contributed by atoms with Gasteiger partial charge < -0.3 is 20.3 Å². The highest BCUT2D eigenvalue weighted by Crippen LogP contribution is 2.33. The van der Waals surface area contributed by atoms with Crippen molar-refractivity contribution in [2.45, 2.75) is 44.3 Å². The number of piperidine rings is 1. The third-order valence-corrected chi connectivity index (χ3v) is 6.60. The molecule has 0 bridgehead atoms. The Bertz CT molecular complexity index is 899. The average molecular weight is 526 g/mol. The maximum Gasteiger partial charge on any atom is 0.255 e. The van der Waals surface area contributed by atoms with Gasteiger partial charge in [-0.1, -0.05) is 0 Å². The molecule has 0 aromatic heterocycles. The zero-order valence-corrected chi connectivity index (χ0v) is 18.5. The molecule has 0 radical (unpaired) electrons. The number of hydrogen-bond acceptors (Lipinski definition) is 6. The number of benzene rings is 1. The Morgan fingerprint density at radius 2 is 1.97 bits per heavy atom. The normalized spacial score (nSPS) is 22.0. The summed E-state index contributed by atoms with van der Waals surface area (Å²) in [7, 11) is 0. The number of carbonyl (C=O) groups excluding carboxylic acids is 4. The minimum absolute atomic E-state index is 0.103. The van der Waals surface area contributed by atoms with Gasteiger partial charge >= 0.3 is 0 Å². The topological polar surface area (TPSA) is 117 Å². The van der Waals surface area contributed by atoms with Gasteiger partial charge in [0.15, 0.2) is 0 Å². The summed E-state index contributed by atoms with van der Waals surface area (Å²) in [5.41, 5.74) is 2.07. The molecule has 3 N–H and O–H groups in total. The van der Waals surface area contributed by atoms with Crippen molar-refractivity contribution in [2.24, 2.45) is 0 Å². The maximum absolute atomic E-state index is 13.0. The van der Waals surface area contributed by atoms with E-state index in [2.05, 4.69) is 38.5 Å². The van der Waals surface area contributed by atoms with Gasteiger partial charge in [-0.2, -0.15) is 0 Å². The Kier molecular flexibility index (Phi) is 6.23. The standard InChI is InChI=1S/C20H23IN4O5/c21-15-8-12(22-9-18(27)23-11-3-5-30-6-4-11)7-13-14(15)10-25(20(13)29)16-1-2-17(26)24-19(16)28/h7-8,11,16,22H,1-6,9-10H2,(H,23,27)(H,24,26,28). The highest BCUT2D eigenvalue weighted by Gasteiger charge is 2.39. The molecular weight excluding hydrogens is 503 g/mol. The van der Waals surface area contributed by atoms with Crippen molar-refractivity contribution in [2.75, 3.05) is 25.1 Å². The minimum Gasteiger partial charge on any atom is -0.381 e. The molecule has 9 nitrogen and oxygen atoms in total. The lowest BCUT2D eigenvalue weighted by atomic mass is 10.0. The van der Waals surface area contributed by atoms with Gasteiger partial charge in [0.25, 0.3) is 5.91 Å². The monoisotopic (exact) mass is 526 g/mol. The van der Waals surface area contributed by atoms with Gasteiger partial charge in [-0.05, 0) is 59.5 Å². The average Bonchev–Trinajstić information content (AvgIpc) is 3.04. The highest BCUT2D eigenvalue weighted by atomic mass is 127. The van der Waals surface area contributed by atoms with Gasteiger partial charge in [0.2, 0.25) is 17.7 Å². The van der Waals surface area contributed by atoms with Crippen LogP contribution in [0.5, 0.6) is 0 Å². The summed E-state index contributed by atoms with van der Waals surface area (Å²) in [5.74, 6) is -1.06. The molecule has 4 amide bonds. The summed E-state index contributed by atoms with van der Waals surface area (Å²) in [4.78, 5) is 50.3. The number of carbonyl (C=O) groups is 4. The van der Waals surface area contributed by atoms with Gasteiger partial charge in [-0.25, -0.2) is 0 Å². The smallest absolute Gasteiger partial charge is 0.255 e. The molecule has 0 spiro atoms. The lowest BCUT2D eigenvalue weighted by Crippen LogP contribution is -2.52. The van der Waals surface area contributed by atoms with Crippen molar-refractivity contribution in [1.82, 2.24) is 15.5 Å². The number of halogens is 1. The first-order valence-electron chi connectivity index (χ1n) is 10.0. The fourth-order valence-corrected chi connectivity index (χ4v) is 4.82. The van der Waals surface area contributed by atoms with Crippen molar-refractivity contribution in [3.05, 3.63) is 26.8 Å². The Balaban J connectivity index is 1.41. The second kappa shape index (κ2) is 8.88. The van der Waals surface area contributed by atoms with Crippen LogP contribution in [-0.2, 0) is 25.7 Å². The SMILES string of the molecule is O=C1CCC(N2Cc3c(I)cc(NCC(=O)NC4CCOCC4)cc3C2=O)C(=O)N1. The largest absolute Gasteiger partial charge is 0.381 e. The van der Waals surface area contributed by atoms with Gasteiger partial charge in [0.05, 0.1) is 6.54 Å². The van der Waals surface area contributed by atoms with E-state index in [1.807, 2.05) is 6.07 Å². The van der Waals surface area contributed by atoms with Crippen LogP contribution < -0.4 is 16.0 Å². The molecule has 2 fully saturated rings. The van der Waals surface area contributed by atoms with Crippen LogP contribution in [0.2, 0.25) is 0 Å². The number of rotatable bonds is 5. The van der Waals surface area contributed by atoms with Crippen molar-refractivity contribution >= 4 is 51.9 Å². The summed E-state index contributed by atoms with van der Waals surface area (Å²) in [6.45, 7) is 1.76. The van der Waals surface area contributed by atoms with Crippen LogP contribution in [0.4, 0.5) is 5.69 Å². The Morgan fingerprint density at radius 3 is 2.70 bits per heavy atom. The lowest BCUT2D eigenvalue weighted by molar-refractivity contribution is -0.137. The van der Waals surface area contributed by atoms with Crippen molar-refractivity contribution in [3.8, 4) is 0 Å². The molecule has 1 atom stereocenters. The molecule has 3 aliphatic rings. The number of imide groups is 1. The molecule has 4 rings (SSSR count). The summed E-state index contributed by atoms with van der Waals surface area (Å²) in [5, 5.41) is 8.39. The summed E-state index contributed by atoms with van der Waals surface area (Å²) < 4.78 is 6.18. The molecule has 160 valence electrons. The summed E-state index contributed by atoms with van der Waals surface area (Å²) in [6.07, 6.45) is 2.18. The number of anilines is 1. The number of nitrogens with zero attached hydrogens (tertiary/aromatic N) is 1. The Morgan fingerprint density at radius 1 is 1.20 bits per heavy atom. The fourth-order valence-electron chi connectivity index (χ4n) is 4.02. The van der Waals surface area contributed by atoms with Crippen LogP contribution in [-0.4, -0.2) is 60.4 Å². The molecule has 3 heterocycles. The van der Waals surface area contributed by atoms with Crippen LogP contribution in [0, 0.1) is 3.57 Å². The third kappa shape index (κ3) is 4.43. The first-order chi connectivity index (χ1) is 14.4. The number of hydrogen-bond donors (Lipinski definition) is 3. The van der Waals surface area contributed by atoms with Crippen LogP contribution in [0.15, 0.2) is 12.1 Å². The molecule has 10 heteroatoms. The van der Waals surface area contributed by atoms with E-state index in [0.29, 0.717) is 37.4 Å². The maximum atomic E-state index is 13.0. The molecule has 1 aromatic carbocycles. The van der Waals surface area contributed by atoms with Crippen molar-refractivity contribution in [3.63, 3.8) is 0 Å². The first-order valence-corrected chi connectivity index (χ1v) is 11.1. The van der Waals surface area contributed by atoms with E-state index >= 15 is 0 Å². The van der Waals surface area contributed by atoms with Gasteiger partial charge in [0, 0.05) is 47.0 Å². The van der Waals surface area contributed by atoms with Crippen molar-refractivity contribution < 1.29 is 23.9 Å². The zero-order valence-electron chi connectivity index (χ0n) is 16.3. The molecule has 2 saturated heterocycles. The Labute approximate surface area is 187 Å². The second-order valence-corrected chi connectivity index (χ2v) is 8.85. The molecule has 0 saturated carbocycles. The van der Waals surface area contributed by atoms with Gasteiger partial charge in [-0.3, -0.25) is 24.5 Å². The number of ether oxygens (including phenoxy) is 1. The van der Waals surface area contributed by atoms with Crippen LogP contribution >= 0.6 is 22.6 Å². The molecule has 1 unspecified atom stereocenters. The number of fused-ring (bicyclic) bond motifs is 1. The number of amides is 4. The van der Waals surface area contributed by atoms with Crippen LogP contribution in [0.1, 0.15) is 41.6 Å². The predicted molar refractivity (Wildman–Crippen MR) is 116 cm³/mol. The highest BCUT2D eigenvalue weighted by molar-refractivity contribution is 14.1. The van der Waals surface area contributed by atoms with Crippen LogP contribution in [0.3, 0.4) is 0 Å². The van der Waals surface area contributed by atoms with Crippen LogP contribution in [0.25, 0.3) is 0 Å². The van der Waals surface area contributed by atoms with E-state index in [1.165, 1.54) is 4.90 Å². The molecule has 3 aliphatic heterocycles. The van der Waals surface area contributed by atoms with E-state index in [1.54, 1.807) is 6.07 Å². The van der Waals surface area contributed by atoms with E-state index in [-0.39, 0.29) is 36.7 Å². The lowest BCUT2D eigenvalue weighted by Gasteiger charge is -2.29. The second-order valence-electron chi connectivity index (χ2n) is 7.69. The predicted octanol–water partition coefficient (Wildman–Crippen LogP) is 0.759. The fraction of sp³-hybridized carbons (Fsp3) is 0.500. The minimum atomic E-state index is -0.639. The van der Waals surface area contributed by atoms with E-state index < -0.39 is 11.9 Å².